The summed E-state index contributed by atoms with van der Waals surface area (Å²) in [6.45, 7) is 1.59. The van der Waals surface area contributed by atoms with E-state index in [1.54, 1.807) is 24.3 Å². The van der Waals surface area contributed by atoms with Gasteiger partial charge in [0.25, 0.3) is 5.91 Å². The van der Waals surface area contributed by atoms with Gasteiger partial charge in [-0.3, -0.25) is 4.79 Å². The van der Waals surface area contributed by atoms with Gasteiger partial charge in [-0.15, -0.1) is 0 Å². The standard InChI is InChI=1S/C17H13Cl2NO5/c1-9(25-17(22)15-11(18)3-2-4-12(15)19)16(21)20-10-5-6-13-14(7-10)24-8-23-13/h2-7,9H,8H2,1H3,(H,20,21)/t9-/m0/s1. The SMILES string of the molecule is C[C@H](OC(=O)c1c(Cl)cccc1Cl)C(=O)Nc1ccc2c(c1)OCO2. The summed E-state index contributed by atoms with van der Waals surface area (Å²) in [5.74, 6) is -0.143. The smallest absolute Gasteiger partial charge is 0.341 e. The molecule has 0 radical (unpaired) electrons. The van der Waals surface area contributed by atoms with Gasteiger partial charge in [0.2, 0.25) is 6.79 Å². The molecule has 6 nitrogen and oxygen atoms in total. The third kappa shape index (κ3) is 3.81. The molecule has 0 fully saturated rings. The zero-order chi connectivity index (χ0) is 18.0. The van der Waals surface area contributed by atoms with Gasteiger partial charge in [0, 0.05) is 11.8 Å². The molecule has 1 aliphatic heterocycles. The van der Waals surface area contributed by atoms with Gasteiger partial charge in [0.15, 0.2) is 17.6 Å². The molecule has 130 valence electrons. The van der Waals surface area contributed by atoms with E-state index in [2.05, 4.69) is 5.32 Å². The Morgan fingerprint density at radius 1 is 1.12 bits per heavy atom. The summed E-state index contributed by atoms with van der Waals surface area (Å²) in [4.78, 5) is 24.4. The molecule has 2 aromatic rings. The maximum Gasteiger partial charge on any atom is 0.341 e. The Kier molecular flexibility index (Phi) is 5.01. The van der Waals surface area contributed by atoms with Crippen LogP contribution in [-0.4, -0.2) is 24.8 Å². The van der Waals surface area contributed by atoms with Crippen molar-refractivity contribution in [1.82, 2.24) is 0 Å². The van der Waals surface area contributed by atoms with Crippen LogP contribution in [0.3, 0.4) is 0 Å². The third-order valence-corrected chi connectivity index (χ3v) is 4.09. The average molecular weight is 382 g/mol. The number of carbonyl (C=O) groups excluding carboxylic acids is 2. The predicted molar refractivity (Wildman–Crippen MR) is 92.5 cm³/mol. The molecule has 8 heteroatoms. The highest BCUT2D eigenvalue weighted by Crippen LogP contribution is 2.34. The fourth-order valence-electron chi connectivity index (χ4n) is 2.18. The first kappa shape index (κ1) is 17.4. The summed E-state index contributed by atoms with van der Waals surface area (Å²) in [5, 5.41) is 2.95. The van der Waals surface area contributed by atoms with Crippen LogP contribution in [0.15, 0.2) is 36.4 Å². The lowest BCUT2D eigenvalue weighted by molar-refractivity contribution is -0.123. The first-order valence-corrected chi connectivity index (χ1v) is 8.07. The number of fused-ring (bicyclic) bond motifs is 1. The van der Waals surface area contributed by atoms with Crippen LogP contribution in [0.25, 0.3) is 0 Å². The van der Waals surface area contributed by atoms with Crippen molar-refractivity contribution in [2.24, 2.45) is 0 Å². The molecule has 1 atom stereocenters. The average Bonchev–Trinajstić information content (AvgIpc) is 3.02. The van der Waals surface area contributed by atoms with Gasteiger partial charge < -0.3 is 19.5 Å². The van der Waals surface area contributed by atoms with Crippen LogP contribution in [0.5, 0.6) is 11.5 Å². The summed E-state index contributed by atoms with van der Waals surface area (Å²) in [7, 11) is 0. The van der Waals surface area contributed by atoms with E-state index in [1.165, 1.54) is 19.1 Å². The van der Waals surface area contributed by atoms with E-state index >= 15 is 0 Å². The van der Waals surface area contributed by atoms with Crippen LogP contribution in [0, 0.1) is 0 Å². The number of benzene rings is 2. The summed E-state index contributed by atoms with van der Waals surface area (Å²) >= 11 is 11.9. The molecule has 0 aromatic heterocycles. The minimum atomic E-state index is -1.05. The lowest BCUT2D eigenvalue weighted by atomic mass is 10.2. The molecule has 0 spiro atoms. The minimum Gasteiger partial charge on any atom is -0.454 e. The highest BCUT2D eigenvalue weighted by molar-refractivity contribution is 6.39. The van der Waals surface area contributed by atoms with E-state index in [-0.39, 0.29) is 22.4 Å². The Labute approximate surface area is 153 Å². The van der Waals surface area contributed by atoms with E-state index in [0.717, 1.165) is 0 Å². The van der Waals surface area contributed by atoms with Crippen molar-refractivity contribution in [3.05, 3.63) is 52.0 Å². The van der Waals surface area contributed by atoms with Gasteiger partial charge >= 0.3 is 5.97 Å². The molecule has 1 heterocycles. The maximum atomic E-state index is 12.2. The monoisotopic (exact) mass is 381 g/mol. The van der Waals surface area contributed by atoms with Gasteiger partial charge in [-0.25, -0.2) is 4.79 Å². The maximum absolute atomic E-state index is 12.2. The first-order chi connectivity index (χ1) is 12.0. The zero-order valence-electron chi connectivity index (χ0n) is 13.0. The van der Waals surface area contributed by atoms with Gasteiger partial charge in [0.05, 0.1) is 15.6 Å². The van der Waals surface area contributed by atoms with Crippen LogP contribution in [-0.2, 0) is 9.53 Å². The van der Waals surface area contributed by atoms with E-state index in [1.807, 2.05) is 0 Å². The van der Waals surface area contributed by atoms with Gasteiger partial charge in [-0.2, -0.15) is 0 Å². The number of halogens is 2. The van der Waals surface area contributed by atoms with Gasteiger partial charge in [-0.05, 0) is 31.2 Å². The molecular formula is C17H13Cl2NO5. The fraction of sp³-hybridized carbons (Fsp3) is 0.176. The van der Waals surface area contributed by atoms with Crippen molar-refractivity contribution in [2.75, 3.05) is 12.1 Å². The number of hydrogen-bond donors (Lipinski definition) is 1. The molecule has 0 saturated heterocycles. The van der Waals surface area contributed by atoms with Crippen molar-refractivity contribution in [3.63, 3.8) is 0 Å². The van der Waals surface area contributed by atoms with Crippen LogP contribution < -0.4 is 14.8 Å². The molecule has 0 saturated carbocycles. The second kappa shape index (κ2) is 7.21. The number of nitrogens with one attached hydrogen (secondary N) is 1. The van der Waals surface area contributed by atoms with Crippen LogP contribution in [0.2, 0.25) is 10.0 Å². The Morgan fingerprint density at radius 3 is 2.52 bits per heavy atom. The van der Waals surface area contributed by atoms with Crippen molar-refractivity contribution in [2.45, 2.75) is 13.0 Å². The molecule has 3 rings (SSSR count). The second-order valence-corrected chi connectivity index (χ2v) is 6.02. The van der Waals surface area contributed by atoms with Gasteiger partial charge in [0.1, 0.15) is 0 Å². The summed E-state index contributed by atoms with van der Waals surface area (Å²) < 4.78 is 15.6. The van der Waals surface area contributed by atoms with E-state index in [0.29, 0.717) is 17.2 Å². The molecule has 0 bridgehead atoms. The fourth-order valence-corrected chi connectivity index (χ4v) is 2.74. The lowest BCUT2D eigenvalue weighted by Gasteiger charge is -2.14. The van der Waals surface area contributed by atoms with E-state index in [4.69, 9.17) is 37.4 Å². The van der Waals surface area contributed by atoms with Crippen molar-refractivity contribution in [1.29, 1.82) is 0 Å². The van der Waals surface area contributed by atoms with E-state index < -0.39 is 18.0 Å². The molecule has 0 unspecified atom stereocenters. The lowest BCUT2D eigenvalue weighted by Crippen LogP contribution is -2.30. The topological polar surface area (TPSA) is 73.9 Å². The predicted octanol–water partition coefficient (Wildman–Crippen LogP) is 3.91. The van der Waals surface area contributed by atoms with Crippen LogP contribution in [0.1, 0.15) is 17.3 Å². The zero-order valence-corrected chi connectivity index (χ0v) is 14.6. The molecule has 0 aliphatic carbocycles. The second-order valence-electron chi connectivity index (χ2n) is 5.20. The number of ether oxygens (including phenoxy) is 3. The summed E-state index contributed by atoms with van der Waals surface area (Å²) in [5.41, 5.74) is 0.515. The van der Waals surface area contributed by atoms with Crippen molar-refractivity contribution < 1.29 is 23.8 Å². The normalized spacial score (nSPS) is 13.2. The molecule has 1 N–H and O–H groups in total. The Morgan fingerprint density at radius 2 is 1.80 bits per heavy atom. The number of rotatable bonds is 4. The van der Waals surface area contributed by atoms with Gasteiger partial charge in [-0.1, -0.05) is 29.3 Å². The molecular weight excluding hydrogens is 369 g/mol. The molecule has 1 aliphatic rings. The van der Waals surface area contributed by atoms with Crippen molar-refractivity contribution >= 4 is 40.8 Å². The largest absolute Gasteiger partial charge is 0.454 e. The highest BCUT2D eigenvalue weighted by atomic mass is 35.5. The quantitative estimate of drug-likeness (QED) is 0.812. The van der Waals surface area contributed by atoms with Crippen molar-refractivity contribution in [3.8, 4) is 11.5 Å². The summed E-state index contributed by atoms with van der Waals surface area (Å²) in [6, 6.07) is 9.60. The Balaban J connectivity index is 1.65. The molecule has 1 amide bonds. The number of amides is 1. The highest BCUT2D eigenvalue weighted by Gasteiger charge is 2.23. The number of anilines is 1. The third-order valence-electron chi connectivity index (χ3n) is 3.46. The van der Waals surface area contributed by atoms with Crippen LogP contribution in [0.4, 0.5) is 5.69 Å². The Bertz CT molecular complexity index is 820. The molecule has 2 aromatic carbocycles. The number of carbonyl (C=O) groups is 2. The first-order valence-electron chi connectivity index (χ1n) is 7.31. The number of hydrogen-bond acceptors (Lipinski definition) is 5. The van der Waals surface area contributed by atoms with Crippen LogP contribution >= 0.6 is 23.2 Å². The minimum absolute atomic E-state index is 0.0218. The van der Waals surface area contributed by atoms with E-state index in [9.17, 15) is 9.59 Å². The molecule has 25 heavy (non-hydrogen) atoms. The number of esters is 1. The summed E-state index contributed by atoms with van der Waals surface area (Å²) in [6.07, 6.45) is -1.05. The Hall–Kier alpha value is -2.44.